The molecule has 0 unspecified atom stereocenters. The SMILES string of the molecule is N[C@H](c1ccccc1)c1ncc(-c2ccc(F)cc2)[nH]1. The number of aromatic nitrogens is 2. The summed E-state index contributed by atoms with van der Waals surface area (Å²) in [5, 5.41) is 0. The lowest BCUT2D eigenvalue weighted by Gasteiger charge is -2.08. The first-order valence-corrected chi connectivity index (χ1v) is 6.35. The zero-order chi connectivity index (χ0) is 13.9. The van der Waals surface area contributed by atoms with Crippen molar-refractivity contribution in [3.05, 3.63) is 78.0 Å². The second-order valence-corrected chi connectivity index (χ2v) is 4.58. The van der Waals surface area contributed by atoms with Crippen molar-refractivity contribution in [1.82, 2.24) is 9.97 Å². The molecular weight excluding hydrogens is 253 g/mol. The highest BCUT2D eigenvalue weighted by Crippen LogP contribution is 2.21. The van der Waals surface area contributed by atoms with Crippen molar-refractivity contribution in [3.8, 4) is 11.3 Å². The van der Waals surface area contributed by atoms with Gasteiger partial charge in [0.25, 0.3) is 0 Å². The molecule has 0 radical (unpaired) electrons. The molecule has 3 rings (SSSR count). The van der Waals surface area contributed by atoms with E-state index in [4.69, 9.17) is 5.73 Å². The summed E-state index contributed by atoms with van der Waals surface area (Å²) in [6, 6.07) is 15.7. The van der Waals surface area contributed by atoms with Gasteiger partial charge in [-0.1, -0.05) is 30.3 Å². The lowest BCUT2D eigenvalue weighted by Crippen LogP contribution is -2.13. The zero-order valence-electron chi connectivity index (χ0n) is 10.8. The monoisotopic (exact) mass is 267 g/mol. The molecule has 2 aromatic carbocycles. The summed E-state index contributed by atoms with van der Waals surface area (Å²) in [6.07, 6.45) is 1.71. The van der Waals surface area contributed by atoms with E-state index in [-0.39, 0.29) is 11.9 Å². The zero-order valence-corrected chi connectivity index (χ0v) is 10.8. The van der Waals surface area contributed by atoms with Crippen LogP contribution in [-0.4, -0.2) is 9.97 Å². The van der Waals surface area contributed by atoms with E-state index in [9.17, 15) is 4.39 Å². The van der Waals surface area contributed by atoms with Gasteiger partial charge in [0.05, 0.1) is 17.9 Å². The molecule has 3 nitrogen and oxygen atoms in total. The molecule has 0 aliphatic carbocycles. The summed E-state index contributed by atoms with van der Waals surface area (Å²) in [4.78, 5) is 7.51. The third kappa shape index (κ3) is 2.46. The van der Waals surface area contributed by atoms with E-state index < -0.39 is 0 Å². The number of nitrogens with one attached hydrogen (secondary N) is 1. The lowest BCUT2D eigenvalue weighted by atomic mass is 10.1. The molecule has 3 N–H and O–H groups in total. The quantitative estimate of drug-likeness (QED) is 0.765. The van der Waals surface area contributed by atoms with Gasteiger partial charge in [-0.3, -0.25) is 0 Å². The summed E-state index contributed by atoms with van der Waals surface area (Å²) in [6.45, 7) is 0. The lowest BCUT2D eigenvalue weighted by molar-refractivity contribution is 0.628. The minimum absolute atomic E-state index is 0.255. The predicted molar refractivity (Wildman–Crippen MR) is 76.5 cm³/mol. The summed E-state index contributed by atoms with van der Waals surface area (Å²) < 4.78 is 12.9. The van der Waals surface area contributed by atoms with Crippen molar-refractivity contribution >= 4 is 0 Å². The van der Waals surface area contributed by atoms with Crippen molar-refractivity contribution in [3.63, 3.8) is 0 Å². The number of H-pyrrole nitrogens is 1. The fraction of sp³-hybridized carbons (Fsp3) is 0.0625. The molecule has 1 atom stereocenters. The Balaban J connectivity index is 1.89. The molecule has 4 heteroatoms. The molecule has 0 aliphatic rings. The van der Waals surface area contributed by atoms with Crippen LogP contribution in [0.2, 0.25) is 0 Å². The average Bonchev–Trinajstić information content (AvgIpc) is 2.98. The predicted octanol–water partition coefficient (Wildman–Crippen LogP) is 3.26. The van der Waals surface area contributed by atoms with Crippen LogP contribution in [0.3, 0.4) is 0 Å². The van der Waals surface area contributed by atoms with Gasteiger partial charge in [0, 0.05) is 0 Å². The summed E-state index contributed by atoms with van der Waals surface area (Å²) in [5.74, 6) is 0.435. The highest BCUT2D eigenvalue weighted by atomic mass is 19.1. The van der Waals surface area contributed by atoms with Gasteiger partial charge < -0.3 is 10.7 Å². The van der Waals surface area contributed by atoms with Gasteiger partial charge in [-0.25, -0.2) is 9.37 Å². The van der Waals surface area contributed by atoms with Gasteiger partial charge in [0.15, 0.2) is 0 Å². The maximum Gasteiger partial charge on any atom is 0.128 e. The Labute approximate surface area is 116 Å². The van der Waals surface area contributed by atoms with Crippen molar-refractivity contribution in [1.29, 1.82) is 0 Å². The maximum absolute atomic E-state index is 12.9. The van der Waals surface area contributed by atoms with E-state index in [0.29, 0.717) is 5.82 Å². The number of hydrogen-bond acceptors (Lipinski definition) is 2. The van der Waals surface area contributed by atoms with Crippen LogP contribution in [0.5, 0.6) is 0 Å². The second kappa shape index (κ2) is 5.27. The highest BCUT2D eigenvalue weighted by molar-refractivity contribution is 5.58. The summed E-state index contributed by atoms with van der Waals surface area (Å²) in [7, 11) is 0. The van der Waals surface area contributed by atoms with Crippen LogP contribution in [0, 0.1) is 5.82 Å². The van der Waals surface area contributed by atoms with Crippen LogP contribution in [0.15, 0.2) is 60.8 Å². The smallest absolute Gasteiger partial charge is 0.128 e. The normalized spacial score (nSPS) is 12.3. The number of imidazole rings is 1. The largest absolute Gasteiger partial charge is 0.340 e. The molecular formula is C16H14FN3. The number of nitrogens with zero attached hydrogens (tertiary/aromatic N) is 1. The number of nitrogens with two attached hydrogens (primary N) is 1. The minimum atomic E-state index is -0.301. The van der Waals surface area contributed by atoms with Crippen molar-refractivity contribution in [2.75, 3.05) is 0 Å². The van der Waals surface area contributed by atoms with Crippen LogP contribution in [0.25, 0.3) is 11.3 Å². The molecule has 0 bridgehead atoms. The third-order valence-corrected chi connectivity index (χ3v) is 3.20. The van der Waals surface area contributed by atoms with Gasteiger partial charge >= 0.3 is 0 Å². The minimum Gasteiger partial charge on any atom is -0.340 e. The van der Waals surface area contributed by atoms with Gasteiger partial charge in [0.2, 0.25) is 0 Å². The molecule has 1 aromatic heterocycles. The van der Waals surface area contributed by atoms with E-state index in [0.717, 1.165) is 16.8 Å². The van der Waals surface area contributed by atoms with Gasteiger partial charge in [-0.05, 0) is 35.4 Å². The summed E-state index contributed by atoms with van der Waals surface area (Å²) >= 11 is 0. The number of hydrogen-bond donors (Lipinski definition) is 2. The first kappa shape index (κ1) is 12.6. The van der Waals surface area contributed by atoms with E-state index >= 15 is 0 Å². The molecule has 100 valence electrons. The topological polar surface area (TPSA) is 54.7 Å². The Kier molecular flexibility index (Phi) is 3.31. The van der Waals surface area contributed by atoms with Crippen LogP contribution >= 0.6 is 0 Å². The Hall–Kier alpha value is -2.46. The van der Waals surface area contributed by atoms with E-state index in [1.165, 1.54) is 12.1 Å². The maximum atomic E-state index is 12.9. The van der Waals surface area contributed by atoms with Crippen molar-refractivity contribution < 1.29 is 4.39 Å². The number of halogens is 1. The van der Waals surface area contributed by atoms with Gasteiger partial charge in [-0.2, -0.15) is 0 Å². The van der Waals surface area contributed by atoms with Crippen molar-refractivity contribution in [2.24, 2.45) is 5.73 Å². The highest BCUT2D eigenvalue weighted by Gasteiger charge is 2.12. The Morgan fingerprint density at radius 1 is 1.00 bits per heavy atom. The molecule has 0 saturated heterocycles. The fourth-order valence-electron chi connectivity index (χ4n) is 2.09. The van der Waals surface area contributed by atoms with Gasteiger partial charge in [-0.15, -0.1) is 0 Å². The molecule has 0 spiro atoms. The molecule has 20 heavy (non-hydrogen) atoms. The Bertz CT molecular complexity index is 689. The summed E-state index contributed by atoms with van der Waals surface area (Å²) in [5.41, 5.74) is 8.88. The molecule has 0 aliphatic heterocycles. The molecule has 1 heterocycles. The van der Waals surface area contributed by atoms with E-state index in [1.807, 2.05) is 30.3 Å². The third-order valence-electron chi connectivity index (χ3n) is 3.20. The fourth-order valence-corrected chi connectivity index (χ4v) is 2.09. The average molecular weight is 267 g/mol. The standard InChI is InChI=1S/C16H14FN3/c17-13-8-6-11(7-9-13)14-10-19-16(20-14)15(18)12-4-2-1-3-5-12/h1-10,15H,18H2,(H,19,20)/t15-/m1/s1. The number of benzene rings is 2. The molecule has 0 fully saturated rings. The first-order chi connectivity index (χ1) is 9.74. The van der Waals surface area contributed by atoms with Gasteiger partial charge in [0.1, 0.15) is 11.6 Å². The van der Waals surface area contributed by atoms with Crippen LogP contribution in [0.1, 0.15) is 17.4 Å². The van der Waals surface area contributed by atoms with Crippen LogP contribution < -0.4 is 5.73 Å². The van der Waals surface area contributed by atoms with E-state index in [1.54, 1.807) is 18.3 Å². The first-order valence-electron chi connectivity index (χ1n) is 6.35. The second-order valence-electron chi connectivity index (χ2n) is 4.58. The van der Waals surface area contributed by atoms with Crippen molar-refractivity contribution in [2.45, 2.75) is 6.04 Å². The number of aromatic amines is 1. The molecule has 3 aromatic rings. The molecule has 0 amide bonds. The van der Waals surface area contributed by atoms with E-state index in [2.05, 4.69) is 9.97 Å². The van der Waals surface area contributed by atoms with Crippen LogP contribution in [-0.2, 0) is 0 Å². The molecule has 0 saturated carbocycles. The Morgan fingerprint density at radius 3 is 2.40 bits per heavy atom. The Morgan fingerprint density at radius 2 is 1.70 bits per heavy atom. The van der Waals surface area contributed by atoms with Crippen LogP contribution in [0.4, 0.5) is 4.39 Å². The number of rotatable bonds is 3.